The first-order valence-electron chi connectivity index (χ1n) is 7.58. The summed E-state index contributed by atoms with van der Waals surface area (Å²) in [4.78, 5) is 26.0. The first kappa shape index (κ1) is 14.5. The number of Topliss-reactive ketones (excluding diaryl/α,β-unsaturated/α-hetero) is 1. The van der Waals surface area contributed by atoms with E-state index in [1.165, 1.54) is 0 Å². The maximum Gasteiger partial charge on any atom is 0.310 e. The minimum Gasteiger partial charge on any atom is -0.466 e. The number of hydrogen-bond acceptors (Lipinski definition) is 4. The lowest BCUT2D eigenvalue weighted by Crippen LogP contribution is -2.53. The monoisotopic (exact) mass is 267 g/mol. The molecule has 1 heterocycles. The van der Waals surface area contributed by atoms with Crippen LogP contribution in [0.5, 0.6) is 0 Å². The molecule has 2 fully saturated rings. The van der Waals surface area contributed by atoms with Gasteiger partial charge < -0.3 is 4.74 Å². The van der Waals surface area contributed by atoms with Gasteiger partial charge in [-0.25, -0.2) is 0 Å². The molecule has 2 rings (SSSR count). The van der Waals surface area contributed by atoms with Crippen LogP contribution in [0.25, 0.3) is 0 Å². The maximum atomic E-state index is 12.0. The zero-order chi connectivity index (χ0) is 13.8. The summed E-state index contributed by atoms with van der Waals surface area (Å²) >= 11 is 0. The van der Waals surface area contributed by atoms with Crippen LogP contribution < -0.4 is 0 Å². The molecule has 1 aliphatic heterocycles. The van der Waals surface area contributed by atoms with E-state index in [1.807, 2.05) is 6.92 Å². The van der Waals surface area contributed by atoms with Gasteiger partial charge in [0.2, 0.25) is 0 Å². The van der Waals surface area contributed by atoms with Gasteiger partial charge in [-0.2, -0.15) is 0 Å². The third-order valence-corrected chi connectivity index (χ3v) is 4.39. The minimum absolute atomic E-state index is 0.0429. The molecule has 0 radical (unpaired) electrons. The van der Waals surface area contributed by atoms with Gasteiger partial charge in [0, 0.05) is 25.4 Å². The molecule has 1 aliphatic carbocycles. The number of rotatable bonds is 4. The average Bonchev–Trinajstić information content (AvgIpc) is 2.38. The molecule has 2 aliphatic rings. The van der Waals surface area contributed by atoms with Gasteiger partial charge in [-0.3, -0.25) is 14.5 Å². The molecular weight excluding hydrogens is 242 g/mol. The lowest BCUT2D eigenvalue weighted by atomic mass is 9.74. The maximum absolute atomic E-state index is 12.0. The zero-order valence-corrected chi connectivity index (χ0v) is 12.1. The van der Waals surface area contributed by atoms with Crippen molar-refractivity contribution in [3.05, 3.63) is 0 Å². The SMILES string of the molecule is CCCN1C[C@H](C(=O)OCC)C[C@@H]2CC(=O)CCC21. The number of carbonyl (C=O) groups excluding carboxylic acids is 2. The summed E-state index contributed by atoms with van der Waals surface area (Å²) in [5.41, 5.74) is 0. The summed E-state index contributed by atoms with van der Waals surface area (Å²) in [6, 6.07) is 0.503. The Bertz CT molecular complexity index is 342. The highest BCUT2D eigenvalue weighted by Gasteiger charge is 2.41. The summed E-state index contributed by atoms with van der Waals surface area (Å²) < 4.78 is 5.16. The number of carbonyl (C=O) groups is 2. The van der Waals surface area contributed by atoms with Gasteiger partial charge >= 0.3 is 5.97 Å². The smallest absolute Gasteiger partial charge is 0.310 e. The number of likely N-dealkylation sites (tertiary alicyclic amines) is 1. The molecule has 0 spiro atoms. The second-order valence-electron chi connectivity index (χ2n) is 5.79. The van der Waals surface area contributed by atoms with E-state index in [-0.39, 0.29) is 11.9 Å². The predicted octanol–water partition coefficient (Wildman–Crippen LogP) is 2.02. The molecule has 0 amide bonds. The van der Waals surface area contributed by atoms with Crippen LogP contribution in [0.4, 0.5) is 0 Å². The van der Waals surface area contributed by atoms with E-state index in [2.05, 4.69) is 11.8 Å². The number of ketones is 1. The molecule has 1 saturated carbocycles. The van der Waals surface area contributed by atoms with E-state index >= 15 is 0 Å². The molecule has 0 bridgehead atoms. The van der Waals surface area contributed by atoms with Crippen LogP contribution in [0.2, 0.25) is 0 Å². The molecule has 1 unspecified atom stereocenters. The van der Waals surface area contributed by atoms with Gasteiger partial charge in [0.25, 0.3) is 0 Å². The normalized spacial score (nSPS) is 31.9. The predicted molar refractivity (Wildman–Crippen MR) is 72.7 cm³/mol. The lowest BCUT2D eigenvalue weighted by Gasteiger charge is -2.46. The molecule has 3 atom stereocenters. The average molecular weight is 267 g/mol. The summed E-state index contributed by atoms with van der Waals surface area (Å²) in [6.07, 6.45) is 4.26. The second-order valence-corrected chi connectivity index (χ2v) is 5.79. The molecular formula is C15H25NO3. The highest BCUT2D eigenvalue weighted by molar-refractivity contribution is 5.80. The highest BCUT2D eigenvalue weighted by Crippen LogP contribution is 2.36. The van der Waals surface area contributed by atoms with Crippen LogP contribution in [0.3, 0.4) is 0 Å². The molecule has 108 valence electrons. The van der Waals surface area contributed by atoms with Crippen LogP contribution in [-0.2, 0) is 14.3 Å². The molecule has 4 heteroatoms. The van der Waals surface area contributed by atoms with E-state index in [1.54, 1.807) is 0 Å². The number of fused-ring (bicyclic) bond motifs is 1. The second kappa shape index (κ2) is 6.51. The molecule has 1 saturated heterocycles. The van der Waals surface area contributed by atoms with Crippen molar-refractivity contribution < 1.29 is 14.3 Å². The number of hydrogen-bond donors (Lipinski definition) is 0. The van der Waals surface area contributed by atoms with Crippen molar-refractivity contribution in [3.8, 4) is 0 Å². The highest BCUT2D eigenvalue weighted by atomic mass is 16.5. The molecule has 0 aromatic heterocycles. The topological polar surface area (TPSA) is 46.6 Å². The van der Waals surface area contributed by atoms with E-state index in [9.17, 15) is 9.59 Å². The van der Waals surface area contributed by atoms with Crippen molar-refractivity contribution in [3.63, 3.8) is 0 Å². The Hall–Kier alpha value is -0.900. The first-order chi connectivity index (χ1) is 9.15. The summed E-state index contributed by atoms with van der Waals surface area (Å²) in [7, 11) is 0. The van der Waals surface area contributed by atoms with Crippen molar-refractivity contribution in [2.75, 3.05) is 19.7 Å². The lowest BCUT2D eigenvalue weighted by molar-refractivity contribution is -0.153. The number of esters is 1. The largest absolute Gasteiger partial charge is 0.466 e. The molecule has 0 aromatic carbocycles. The Morgan fingerprint density at radius 1 is 1.42 bits per heavy atom. The van der Waals surface area contributed by atoms with Crippen LogP contribution >= 0.6 is 0 Å². The van der Waals surface area contributed by atoms with Gasteiger partial charge in [0.15, 0.2) is 0 Å². The fourth-order valence-electron chi connectivity index (χ4n) is 3.63. The van der Waals surface area contributed by atoms with Crippen LogP contribution in [0, 0.1) is 11.8 Å². The Kier molecular flexibility index (Phi) is 4.97. The van der Waals surface area contributed by atoms with Gasteiger partial charge in [-0.1, -0.05) is 6.92 Å². The molecule has 0 aromatic rings. The van der Waals surface area contributed by atoms with Gasteiger partial charge in [-0.15, -0.1) is 0 Å². The molecule has 19 heavy (non-hydrogen) atoms. The summed E-state index contributed by atoms with van der Waals surface area (Å²) in [6.45, 7) is 6.28. The quantitative estimate of drug-likeness (QED) is 0.731. The van der Waals surface area contributed by atoms with E-state index in [4.69, 9.17) is 4.74 Å². The summed E-state index contributed by atoms with van der Waals surface area (Å²) in [5, 5.41) is 0. The van der Waals surface area contributed by atoms with Gasteiger partial charge in [0.1, 0.15) is 5.78 Å². The van der Waals surface area contributed by atoms with E-state index in [0.717, 1.165) is 32.4 Å². The van der Waals surface area contributed by atoms with Crippen molar-refractivity contribution in [2.45, 2.75) is 52.0 Å². The van der Waals surface area contributed by atoms with Gasteiger partial charge in [-0.05, 0) is 38.6 Å². The van der Waals surface area contributed by atoms with Crippen molar-refractivity contribution in [1.29, 1.82) is 0 Å². The Morgan fingerprint density at radius 3 is 2.89 bits per heavy atom. The van der Waals surface area contributed by atoms with Gasteiger partial charge in [0.05, 0.1) is 12.5 Å². The van der Waals surface area contributed by atoms with Crippen molar-refractivity contribution in [1.82, 2.24) is 4.90 Å². The number of piperidine rings is 1. The van der Waals surface area contributed by atoms with Crippen LogP contribution in [0.15, 0.2) is 0 Å². The third kappa shape index (κ3) is 3.35. The number of ether oxygens (including phenoxy) is 1. The standard InChI is InChI=1S/C15H25NO3/c1-3-7-16-10-12(15(18)19-4-2)8-11-9-13(17)5-6-14(11)16/h11-12,14H,3-10H2,1-2H3/t11-,12-,14?/m1/s1. The van der Waals surface area contributed by atoms with Crippen molar-refractivity contribution >= 4 is 11.8 Å². The molecule has 0 N–H and O–H groups in total. The fourth-order valence-corrected chi connectivity index (χ4v) is 3.63. The Labute approximate surface area is 115 Å². The molecule has 4 nitrogen and oxygen atoms in total. The third-order valence-electron chi connectivity index (χ3n) is 4.39. The first-order valence-corrected chi connectivity index (χ1v) is 7.58. The summed E-state index contributed by atoms with van der Waals surface area (Å²) in [5.74, 6) is 0.594. The van der Waals surface area contributed by atoms with E-state index < -0.39 is 0 Å². The fraction of sp³-hybridized carbons (Fsp3) is 0.867. The van der Waals surface area contributed by atoms with Crippen molar-refractivity contribution in [2.24, 2.45) is 11.8 Å². The number of nitrogens with zero attached hydrogens (tertiary/aromatic N) is 1. The zero-order valence-electron chi connectivity index (χ0n) is 12.1. The van der Waals surface area contributed by atoms with Crippen LogP contribution in [-0.4, -0.2) is 42.4 Å². The Morgan fingerprint density at radius 2 is 2.21 bits per heavy atom. The Balaban J connectivity index is 2.06. The minimum atomic E-state index is -0.0833. The van der Waals surface area contributed by atoms with E-state index in [0.29, 0.717) is 37.2 Å². The van der Waals surface area contributed by atoms with Crippen LogP contribution in [0.1, 0.15) is 46.0 Å².